The number of likely N-dealkylation sites (tertiary alicyclic amines) is 1. The number of hydrogen-bond acceptors (Lipinski definition) is 6. The molecule has 1 saturated heterocycles. The van der Waals surface area contributed by atoms with Gasteiger partial charge in [-0.3, -0.25) is 4.90 Å². The summed E-state index contributed by atoms with van der Waals surface area (Å²) < 4.78 is 28.3. The summed E-state index contributed by atoms with van der Waals surface area (Å²) in [6, 6.07) is 2.11. The molecule has 0 radical (unpaired) electrons. The maximum Gasteiger partial charge on any atom is 0.172 e. The lowest BCUT2D eigenvalue weighted by Gasteiger charge is -2.31. The summed E-state index contributed by atoms with van der Waals surface area (Å²) in [5.41, 5.74) is 2.37. The molecule has 0 saturated carbocycles. The quantitative estimate of drug-likeness (QED) is 0.392. The third-order valence-electron chi connectivity index (χ3n) is 6.35. The lowest BCUT2D eigenvalue weighted by atomic mass is 10.1. The van der Waals surface area contributed by atoms with Crippen molar-refractivity contribution < 1.29 is 8.78 Å². The van der Waals surface area contributed by atoms with Crippen LogP contribution in [0, 0.1) is 11.6 Å². The van der Waals surface area contributed by atoms with Crippen molar-refractivity contribution in [2.45, 2.75) is 25.8 Å². The standard InChI is InChI=1S/C26H31ClF2N6/c1-18(16-34-11-5-4-6-12-34)9-13-33(3)19(2)23-15-31-25-26(32-23)35(14-10-30-25)17-20-21(28)7-8-22(29)24(20)27/h7-9,13,15H,1-2,4-6,10-12,14,16-17H2,3H3,(H,30,31)/b13-9-. The lowest BCUT2D eigenvalue weighted by Crippen LogP contribution is -2.35. The first-order valence-corrected chi connectivity index (χ1v) is 12.2. The normalized spacial score (nSPS) is 16.2. The minimum absolute atomic E-state index is 0.0772. The zero-order chi connectivity index (χ0) is 24.9. The molecular formula is C26H31ClF2N6. The van der Waals surface area contributed by atoms with Crippen LogP contribution in [-0.4, -0.2) is 59.5 Å². The summed E-state index contributed by atoms with van der Waals surface area (Å²) in [6.07, 6.45) is 9.37. The fourth-order valence-electron chi connectivity index (χ4n) is 4.28. The molecule has 35 heavy (non-hydrogen) atoms. The maximum absolute atomic E-state index is 14.4. The van der Waals surface area contributed by atoms with Crippen LogP contribution in [0.4, 0.5) is 20.4 Å². The predicted molar refractivity (Wildman–Crippen MR) is 138 cm³/mol. The highest BCUT2D eigenvalue weighted by Crippen LogP contribution is 2.31. The highest BCUT2D eigenvalue weighted by Gasteiger charge is 2.24. The molecule has 0 atom stereocenters. The van der Waals surface area contributed by atoms with Crippen LogP contribution in [0.1, 0.15) is 30.5 Å². The second-order valence-corrected chi connectivity index (χ2v) is 9.34. The van der Waals surface area contributed by atoms with Gasteiger partial charge in [-0.15, -0.1) is 0 Å². The van der Waals surface area contributed by atoms with Gasteiger partial charge in [0.15, 0.2) is 11.6 Å². The molecule has 6 nitrogen and oxygen atoms in total. The molecule has 1 fully saturated rings. The number of piperidine rings is 1. The Morgan fingerprint density at radius 2 is 1.91 bits per heavy atom. The molecule has 0 bridgehead atoms. The SMILES string of the molecule is C=C(/C=C\N(C)C(=C)c1cnc2c(n1)N(Cc1c(F)ccc(F)c1Cl)CCN2)CN1CCCCC1. The fourth-order valence-corrected chi connectivity index (χ4v) is 4.50. The van der Waals surface area contributed by atoms with Gasteiger partial charge in [0, 0.05) is 45.0 Å². The van der Waals surface area contributed by atoms with Crippen molar-refractivity contribution in [3.05, 3.63) is 77.3 Å². The summed E-state index contributed by atoms with van der Waals surface area (Å²) in [6.45, 7) is 12.7. The van der Waals surface area contributed by atoms with Crippen LogP contribution in [0.5, 0.6) is 0 Å². The van der Waals surface area contributed by atoms with Gasteiger partial charge in [0.25, 0.3) is 0 Å². The Morgan fingerprint density at radius 3 is 2.69 bits per heavy atom. The van der Waals surface area contributed by atoms with Crippen LogP contribution in [0.25, 0.3) is 5.70 Å². The average molecular weight is 501 g/mol. The molecule has 0 amide bonds. The van der Waals surface area contributed by atoms with Crippen molar-refractivity contribution in [3.8, 4) is 0 Å². The molecule has 4 rings (SSSR count). The Kier molecular flexibility index (Phi) is 8.03. The molecule has 2 aliphatic rings. The molecule has 1 aromatic carbocycles. The van der Waals surface area contributed by atoms with Gasteiger partial charge in [-0.25, -0.2) is 18.7 Å². The van der Waals surface area contributed by atoms with Crippen molar-refractivity contribution in [1.82, 2.24) is 19.8 Å². The second kappa shape index (κ2) is 11.2. The Morgan fingerprint density at radius 1 is 1.17 bits per heavy atom. The molecule has 0 unspecified atom stereocenters. The number of hydrogen-bond donors (Lipinski definition) is 1. The smallest absolute Gasteiger partial charge is 0.172 e. The van der Waals surface area contributed by atoms with E-state index >= 15 is 0 Å². The van der Waals surface area contributed by atoms with E-state index in [1.54, 1.807) is 6.20 Å². The topological polar surface area (TPSA) is 47.5 Å². The summed E-state index contributed by atoms with van der Waals surface area (Å²) in [5.74, 6) is -0.0862. The van der Waals surface area contributed by atoms with Crippen molar-refractivity contribution in [2.75, 3.05) is 50.0 Å². The molecule has 0 spiro atoms. The van der Waals surface area contributed by atoms with Gasteiger partial charge in [0.1, 0.15) is 17.3 Å². The summed E-state index contributed by atoms with van der Waals surface area (Å²) in [5, 5.41) is 2.99. The third kappa shape index (κ3) is 6.00. The molecule has 186 valence electrons. The molecule has 2 aliphatic heterocycles. The van der Waals surface area contributed by atoms with Gasteiger partial charge in [-0.05, 0) is 49.7 Å². The molecule has 2 aromatic rings. The largest absolute Gasteiger partial charge is 0.365 e. The molecule has 1 N–H and O–H groups in total. The zero-order valence-corrected chi connectivity index (χ0v) is 20.8. The summed E-state index contributed by atoms with van der Waals surface area (Å²) in [7, 11) is 1.89. The van der Waals surface area contributed by atoms with E-state index in [4.69, 9.17) is 16.6 Å². The van der Waals surface area contributed by atoms with Crippen LogP contribution in [0.3, 0.4) is 0 Å². The van der Waals surface area contributed by atoms with Crippen molar-refractivity contribution in [1.29, 1.82) is 0 Å². The molecule has 0 aliphatic carbocycles. The monoisotopic (exact) mass is 500 g/mol. The van der Waals surface area contributed by atoms with Gasteiger partial charge in [0.05, 0.1) is 16.9 Å². The van der Waals surface area contributed by atoms with Crippen molar-refractivity contribution in [3.63, 3.8) is 0 Å². The van der Waals surface area contributed by atoms with Gasteiger partial charge < -0.3 is 15.1 Å². The van der Waals surface area contributed by atoms with Crippen molar-refractivity contribution >= 4 is 28.9 Å². The first-order valence-electron chi connectivity index (χ1n) is 11.8. The first kappa shape index (κ1) is 25.1. The fraction of sp³-hybridized carbons (Fsp3) is 0.385. The van der Waals surface area contributed by atoms with E-state index in [0.29, 0.717) is 36.1 Å². The van der Waals surface area contributed by atoms with Crippen LogP contribution >= 0.6 is 11.6 Å². The van der Waals surface area contributed by atoms with Crippen LogP contribution in [0.2, 0.25) is 5.02 Å². The summed E-state index contributed by atoms with van der Waals surface area (Å²) >= 11 is 6.06. The first-order chi connectivity index (χ1) is 16.8. The van der Waals surface area contributed by atoms with Crippen LogP contribution in [-0.2, 0) is 6.54 Å². The predicted octanol–water partition coefficient (Wildman–Crippen LogP) is 5.30. The highest BCUT2D eigenvalue weighted by atomic mass is 35.5. The van der Waals surface area contributed by atoms with E-state index in [9.17, 15) is 8.78 Å². The van der Waals surface area contributed by atoms with E-state index in [0.717, 1.165) is 37.3 Å². The average Bonchev–Trinajstić information content (AvgIpc) is 2.87. The van der Waals surface area contributed by atoms with Crippen molar-refractivity contribution in [2.24, 2.45) is 0 Å². The Balaban J connectivity index is 1.47. The number of anilines is 2. The molecule has 1 aromatic heterocycles. The van der Waals surface area contributed by atoms with Gasteiger partial charge in [0.2, 0.25) is 0 Å². The number of benzene rings is 1. The van der Waals surface area contributed by atoms with Gasteiger partial charge in [-0.1, -0.05) is 31.2 Å². The second-order valence-electron chi connectivity index (χ2n) is 8.97. The molecule has 9 heteroatoms. The Bertz CT molecular complexity index is 1130. The maximum atomic E-state index is 14.4. The van der Waals surface area contributed by atoms with E-state index < -0.39 is 11.6 Å². The van der Waals surface area contributed by atoms with E-state index in [-0.39, 0.29) is 17.1 Å². The van der Waals surface area contributed by atoms with Gasteiger partial charge >= 0.3 is 0 Å². The Hall–Kier alpha value is -2.97. The number of halogens is 3. The minimum Gasteiger partial charge on any atom is -0.365 e. The molecular weight excluding hydrogens is 470 g/mol. The van der Waals surface area contributed by atoms with Crippen LogP contribution < -0.4 is 10.2 Å². The van der Waals surface area contributed by atoms with E-state index in [1.807, 2.05) is 29.1 Å². The molecule has 3 heterocycles. The van der Waals surface area contributed by atoms with E-state index in [1.165, 1.54) is 19.3 Å². The zero-order valence-electron chi connectivity index (χ0n) is 20.0. The highest BCUT2D eigenvalue weighted by molar-refractivity contribution is 6.31. The van der Waals surface area contributed by atoms with E-state index in [2.05, 4.69) is 28.4 Å². The minimum atomic E-state index is -0.651. The number of fused-ring (bicyclic) bond motifs is 1. The summed E-state index contributed by atoms with van der Waals surface area (Å²) in [4.78, 5) is 15.4. The number of nitrogens with one attached hydrogen (secondary N) is 1. The number of aromatic nitrogens is 2. The van der Waals surface area contributed by atoms with Crippen LogP contribution in [0.15, 0.2) is 49.3 Å². The third-order valence-corrected chi connectivity index (χ3v) is 6.75. The lowest BCUT2D eigenvalue weighted by molar-refractivity contribution is 0.248. The number of rotatable bonds is 8. The Labute approximate surface area is 210 Å². The van der Waals surface area contributed by atoms with Gasteiger partial charge in [-0.2, -0.15) is 0 Å². The number of nitrogens with zero attached hydrogens (tertiary/aromatic N) is 5.